The van der Waals surface area contributed by atoms with Gasteiger partial charge in [-0.3, -0.25) is 4.55 Å². The van der Waals surface area contributed by atoms with Gasteiger partial charge in [-0.25, -0.2) is 0 Å². The van der Waals surface area contributed by atoms with Crippen LogP contribution in [0.25, 0.3) is 0 Å². The number of benzene rings is 1. The molecule has 0 aliphatic heterocycles. The van der Waals surface area contributed by atoms with E-state index in [0.29, 0.717) is 0 Å². The van der Waals surface area contributed by atoms with Crippen LogP contribution < -0.4 is 0 Å². The van der Waals surface area contributed by atoms with Gasteiger partial charge in [0.05, 0.1) is 4.90 Å². The first-order chi connectivity index (χ1) is 5.00. The Balaban J connectivity index is 0.00000121. The van der Waals surface area contributed by atoms with Gasteiger partial charge in [0.2, 0.25) is 0 Å². The average molecular weight is 357 g/mol. The zero-order valence-corrected chi connectivity index (χ0v) is 8.33. The molecule has 0 fully saturated rings. The van der Waals surface area contributed by atoms with Crippen LogP contribution in [0.4, 0.5) is 0 Å². The van der Waals surface area contributed by atoms with Crippen LogP contribution in [0.2, 0.25) is 0 Å². The van der Waals surface area contributed by atoms with Gasteiger partial charge in [0.15, 0.2) is 0 Å². The maximum absolute atomic E-state index is 10.5. The first-order valence-corrected chi connectivity index (χ1v) is 5.25. The van der Waals surface area contributed by atoms with E-state index in [1.54, 1.807) is 12.1 Å². The van der Waals surface area contributed by atoms with E-state index in [1.165, 1.54) is 12.1 Å². The molecular formula is C6H8GaIO3S. The predicted octanol–water partition coefficient (Wildman–Crippen LogP) is 0.354. The van der Waals surface area contributed by atoms with Crippen molar-refractivity contribution in [2.45, 2.75) is 4.90 Å². The van der Waals surface area contributed by atoms with E-state index in [4.69, 9.17) is 4.55 Å². The van der Waals surface area contributed by atoms with Gasteiger partial charge in [0.25, 0.3) is 10.1 Å². The molecule has 0 saturated heterocycles. The van der Waals surface area contributed by atoms with Gasteiger partial charge in [-0.05, 0) is 40.8 Å². The van der Waals surface area contributed by atoms with Crippen LogP contribution >= 0.6 is 22.6 Å². The minimum absolute atomic E-state index is 0. The van der Waals surface area contributed by atoms with Crippen LogP contribution in [0.15, 0.2) is 29.2 Å². The van der Waals surface area contributed by atoms with E-state index in [2.05, 4.69) is 0 Å². The summed E-state index contributed by atoms with van der Waals surface area (Å²) in [5.74, 6) is 0. The molecule has 3 nitrogen and oxygen atoms in total. The Hall–Kier alpha value is 0.496. The molecule has 66 valence electrons. The van der Waals surface area contributed by atoms with Crippen LogP contribution in [-0.4, -0.2) is 32.8 Å². The second kappa shape index (κ2) is 4.65. The third kappa shape index (κ3) is 3.48. The van der Waals surface area contributed by atoms with Gasteiger partial charge >= 0.3 is 19.8 Å². The van der Waals surface area contributed by atoms with E-state index >= 15 is 0 Å². The van der Waals surface area contributed by atoms with Crippen LogP contribution in [-0.2, 0) is 10.1 Å². The van der Waals surface area contributed by atoms with E-state index in [9.17, 15) is 8.42 Å². The number of hydrogen-bond acceptors (Lipinski definition) is 2. The fourth-order valence-electron chi connectivity index (χ4n) is 0.627. The van der Waals surface area contributed by atoms with Crippen LogP contribution in [0.1, 0.15) is 0 Å². The Morgan fingerprint density at radius 3 is 2.25 bits per heavy atom. The molecule has 6 heteroatoms. The molecule has 0 aliphatic carbocycles. The molecule has 1 rings (SSSR count). The van der Waals surface area contributed by atoms with Gasteiger partial charge in [0.1, 0.15) is 0 Å². The molecule has 0 radical (unpaired) electrons. The van der Waals surface area contributed by atoms with Crippen molar-refractivity contribution >= 4 is 52.5 Å². The van der Waals surface area contributed by atoms with Crippen molar-refractivity contribution in [2.24, 2.45) is 0 Å². The van der Waals surface area contributed by atoms with Crippen LogP contribution in [0.5, 0.6) is 0 Å². The number of rotatable bonds is 1. The van der Waals surface area contributed by atoms with Crippen molar-refractivity contribution in [1.82, 2.24) is 0 Å². The molecule has 0 spiro atoms. The Morgan fingerprint density at radius 1 is 1.33 bits per heavy atom. The van der Waals surface area contributed by atoms with Crippen molar-refractivity contribution in [3.8, 4) is 0 Å². The third-order valence-corrected chi connectivity index (χ3v) is 2.61. The Kier molecular flexibility index (Phi) is 4.85. The SMILES string of the molecule is O=S(=O)(O)c1cccc(I)c1.[GaH3]. The summed E-state index contributed by atoms with van der Waals surface area (Å²) in [4.78, 5) is -0.0654. The predicted molar refractivity (Wildman–Crippen MR) is 58.9 cm³/mol. The van der Waals surface area contributed by atoms with Crippen molar-refractivity contribution in [1.29, 1.82) is 0 Å². The normalized spacial score (nSPS) is 10.5. The van der Waals surface area contributed by atoms with Gasteiger partial charge in [-0.15, -0.1) is 0 Å². The fraction of sp³-hybridized carbons (Fsp3) is 0. The Bertz CT molecular complexity index is 363. The van der Waals surface area contributed by atoms with E-state index < -0.39 is 10.1 Å². The first-order valence-electron chi connectivity index (χ1n) is 2.73. The van der Waals surface area contributed by atoms with Gasteiger partial charge < -0.3 is 0 Å². The van der Waals surface area contributed by atoms with E-state index in [-0.39, 0.29) is 24.7 Å². The molecule has 0 aromatic heterocycles. The summed E-state index contributed by atoms with van der Waals surface area (Å²) < 4.78 is 30.4. The molecule has 0 saturated carbocycles. The Labute approximate surface area is 97.5 Å². The number of halogens is 1. The van der Waals surface area contributed by atoms with Crippen molar-refractivity contribution < 1.29 is 13.0 Å². The Morgan fingerprint density at radius 2 is 1.92 bits per heavy atom. The van der Waals surface area contributed by atoms with Crippen molar-refractivity contribution in [2.75, 3.05) is 0 Å². The second-order valence-corrected chi connectivity index (χ2v) is 4.60. The average Bonchev–Trinajstić information content (AvgIpc) is 1.86. The standard InChI is InChI=1S/C6H5IO3S.Ga.3H/c7-5-2-1-3-6(4-5)11(8,9)10;;;;/h1-4H,(H,8,9,10);;;;. The maximum atomic E-state index is 10.5. The monoisotopic (exact) mass is 356 g/mol. The summed E-state index contributed by atoms with van der Waals surface area (Å²) in [5.41, 5.74) is 0. The molecule has 0 heterocycles. The van der Waals surface area contributed by atoms with E-state index in [1.807, 2.05) is 22.6 Å². The molecule has 12 heavy (non-hydrogen) atoms. The summed E-state index contributed by atoms with van der Waals surface area (Å²) in [6.45, 7) is 0. The summed E-state index contributed by atoms with van der Waals surface area (Å²) in [6, 6.07) is 6.06. The molecule has 0 aliphatic rings. The minimum atomic E-state index is -4.03. The molecule has 1 aromatic rings. The van der Waals surface area contributed by atoms with Gasteiger partial charge in [0, 0.05) is 3.57 Å². The molecule has 1 N–H and O–H groups in total. The third-order valence-electron chi connectivity index (χ3n) is 1.09. The zero-order valence-electron chi connectivity index (χ0n) is 5.36. The summed E-state index contributed by atoms with van der Waals surface area (Å²) in [7, 11) is -4.03. The van der Waals surface area contributed by atoms with Crippen LogP contribution in [0, 0.1) is 3.57 Å². The molecule has 0 bridgehead atoms. The summed E-state index contributed by atoms with van der Waals surface area (Å²) >= 11 is 1.97. The summed E-state index contributed by atoms with van der Waals surface area (Å²) in [6.07, 6.45) is 0. The fourth-order valence-corrected chi connectivity index (χ4v) is 1.91. The second-order valence-electron chi connectivity index (χ2n) is 1.93. The molecular weight excluding hydrogens is 349 g/mol. The zero-order chi connectivity index (χ0) is 8.48. The van der Waals surface area contributed by atoms with Crippen LogP contribution in [0.3, 0.4) is 0 Å². The van der Waals surface area contributed by atoms with Crippen molar-refractivity contribution in [3.63, 3.8) is 0 Å². The summed E-state index contributed by atoms with van der Waals surface area (Å²) in [5, 5.41) is 0. The van der Waals surface area contributed by atoms with E-state index in [0.717, 1.165) is 3.57 Å². The quantitative estimate of drug-likeness (QED) is 0.449. The topological polar surface area (TPSA) is 54.4 Å². The first kappa shape index (κ1) is 12.5. The molecule has 0 amide bonds. The van der Waals surface area contributed by atoms with Gasteiger partial charge in [-0.1, -0.05) is 6.07 Å². The number of hydrogen-bond donors (Lipinski definition) is 1. The molecule has 1 aromatic carbocycles. The molecule has 0 unspecified atom stereocenters. The van der Waals surface area contributed by atoms with Crippen molar-refractivity contribution in [3.05, 3.63) is 27.8 Å². The van der Waals surface area contributed by atoms with Gasteiger partial charge in [-0.2, -0.15) is 8.42 Å². The molecule has 0 atom stereocenters.